The Bertz CT molecular complexity index is 1090. The van der Waals surface area contributed by atoms with Gasteiger partial charge in [-0.1, -0.05) is 23.2 Å². The number of hydrogen-bond acceptors (Lipinski definition) is 7. The third-order valence-electron chi connectivity index (χ3n) is 4.46. The lowest BCUT2D eigenvalue weighted by molar-refractivity contribution is -0.393. The van der Waals surface area contributed by atoms with E-state index in [1.54, 1.807) is 4.90 Å². The van der Waals surface area contributed by atoms with Gasteiger partial charge >= 0.3 is 0 Å². The van der Waals surface area contributed by atoms with Crippen LogP contribution in [0.3, 0.4) is 0 Å². The molecule has 0 bridgehead atoms. The van der Waals surface area contributed by atoms with E-state index in [2.05, 4.69) is 0 Å². The molecule has 2 aromatic carbocycles. The van der Waals surface area contributed by atoms with E-state index in [1.807, 2.05) is 0 Å². The molecular weight excluding hydrogens is 447 g/mol. The topological polar surface area (TPSA) is 127 Å². The highest BCUT2D eigenvalue weighted by Crippen LogP contribution is 2.34. The first kappa shape index (κ1) is 21.2. The molecule has 1 saturated heterocycles. The highest BCUT2D eigenvalue weighted by Gasteiger charge is 2.32. The molecule has 1 heterocycles. The molecule has 1 aliphatic heterocycles. The van der Waals surface area contributed by atoms with Gasteiger partial charge in [-0.15, -0.1) is 0 Å². The number of halogens is 2. The molecule has 0 N–H and O–H groups in total. The molecule has 0 aliphatic carbocycles. The summed E-state index contributed by atoms with van der Waals surface area (Å²) >= 11 is 11.9. The van der Waals surface area contributed by atoms with Crippen molar-refractivity contribution in [2.45, 2.75) is 4.90 Å². The Morgan fingerprint density at radius 1 is 0.897 bits per heavy atom. The van der Waals surface area contributed by atoms with E-state index in [4.69, 9.17) is 23.2 Å². The van der Waals surface area contributed by atoms with Crippen LogP contribution in [0.1, 0.15) is 0 Å². The lowest BCUT2D eigenvalue weighted by Crippen LogP contribution is -2.48. The number of nitro benzene ring substituents is 2. The molecule has 154 valence electrons. The van der Waals surface area contributed by atoms with Gasteiger partial charge in [-0.25, -0.2) is 8.42 Å². The van der Waals surface area contributed by atoms with Gasteiger partial charge in [0.25, 0.3) is 11.4 Å². The fourth-order valence-electron chi connectivity index (χ4n) is 3.02. The van der Waals surface area contributed by atoms with E-state index in [9.17, 15) is 28.6 Å². The molecule has 1 fully saturated rings. The van der Waals surface area contributed by atoms with Crippen molar-refractivity contribution in [3.63, 3.8) is 0 Å². The smallest absolute Gasteiger partial charge is 0.299 e. The van der Waals surface area contributed by atoms with Crippen molar-refractivity contribution in [2.24, 2.45) is 0 Å². The number of piperazine rings is 1. The van der Waals surface area contributed by atoms with E-state index >= 15 is 0 Å². The van der Waals surface area contributed by atoms with Crippen molar-refractivity contribution in [1.29, 1.82) is 0 Å². The molecule has 0 amide bonds. The molecule has 3 rings (SSSR count). The molecular formula is C16H14Cl2N4O6S. The van der Waals surface area contributed by atoms with Crippen LogP contribution in [-0.2, 0) is 10.0 Å². The normalized spacial score (nSPS) is 15.3. The largest absolute Gasteiger partial charge is 0.363 e. The van der Waals surface area contributed by atoms with Crippen LogP contribution in [0.15, 0.2) is 41.3 Å². The van der Waals surface area contributed by atoms with E-state index < -0.39 is 31.2 Å². The first-order valence-electron chi connectivity index (χ1n) is 8.24. The van der Waals surface area contributed by atoms with Gasteiger partial charge in [0.15, 0.2) is 0 Å². The summed E-state index contributed by atoms with van der Waals surface area (Å²) in [5.74, 6) is 0. The molecule has 29 heavy (non-hydrogen) atoms. The van der Waals surface area contributed by atoms with Crippen LogP contribution in [0, 0.1) is 20.2 Å². The summed E-state index contributed by atoms with van der Waals surface area (Å²) in [5.41, 5.74) is -0.607. The van der Waals surface area contributed by atoms with Gasteiger partial charge in [0.2, 0.25) is 10.0 Å². The Balaban J connectivity index is 1.83. The Morgan fingerprint density at radius 2 is 1.55 bits per heavy atom. The fraction of sp³-hybridized carbons (Fsp3) is 0.250. The molecule has 1 aliphatic rings. The summed E-state index contributed by atoms with van der Waals surface area (Å²) in [6.45, 7) is 0.435. The second-order valence-corrected chi connectivity index (χ2v) is 8.90. The van der Waals surface area contributed by atoms with E-state index in [1.165, 1.54) is 34.6 Å². The number of benzene rings is 2. The van der Waals surface area contributed by atoms with Gasteiger partial charge in [-0.2, -0.15) is 4.31 Å². The molecule has 2 aromatic rings. The zero-order valence-corrected chi connectivity index (χ0v) is 17.0. The van der Waals surface area contributed by atoms with Crippen molar-refractivity contribution < 1.29 is 18.3 Å². The third-order valence-corrected chi connectivity index (χ3v) is 7.07. The highest BCUT2D eigenvalue weighted by atomic mass is 35.5. The molecule has 0 atom stereocenters. The average molecular weight is 461 g/mol. The maximum atomic E-state index is 12.9. The number of sulfonamides is 1. The van der Waals surface area contributed by atoms with Gasteiger partial charge < -0.3 is 4.90 Å². The van der Waals surface area contributed by atoms with Crippen LogP contribution in [0.25, 0.3) is 0 Å². The summed E-state index contributed by atoms with van der Waals surface area (Å²) in [6.07, 6.45) is 0. The van der Waals surface area contributed by atoms with Gasteiger partial charge in [-0.3, -0.25) is 20.2 Å². The predicted molar refractivity (Wildman–Crippen MR) is 107 cm³/mol. The SMILES string of the molecule is O=[N+]([O-])c1ccc(N2CCN(S(=O)(=O)c3cc(Cl)ccc3Cl)CC2)c([N+](=O)[O-])c1. The first-order valence-corrected chi connectivity index (χ1v) is 10.4. The molecule has 13 heteroatoms. The predicted octanol–water partition coefficient (Wildman–Crippen LogP) is 3.32. The van der Waals surface area contributed by atoms with E-state index in [0.29, 0.717) is 0 Å². The van der Waals surface area contributed by atoms with E-state index in [-0.39, 0.29) is 46.8 Å². The van der Waals surface area contributed by atoms with Crippen LogP contribution < -0.4 is 4.90 Å². The Hall–Kier alpha value is -2.47. The number of nitrogens with zero attached hydrogens (tertiary/aromatic N) is 4. The molecule has 0 saturated carbocycles. The van der Waals surface area contributed by atoms with Crippen molar-refractivity contribution in [2.75, 3.05) is 31.1 Å². The quantitative estimate of drug-likeness (QED) is 0.494. The molecule has 0 aromatic heterocycles. The minimum atomic E-state index is -3.90. The average Bonchev–Trinajstić information content (AvgIpc) is 2.69. The molecule has 0 radical (unpaired) electrons. The summed E-state index contributed by atoms with van der Waals surface area (Å²) in [6, 6.07) is 7.52. The number of anilines is 1. The lowest BCUT2D eigenvalue weighted by atomic mass is 10.2. The van der Waals surface area contributed by atoms with Gasteiger partial charge in [0, 0.05) is 37.3 Å². The highest BCUT2D eigenvalue weighted by molar-refractivity contribution is 7.89. The van der Waals surface area contributed by atoms with Crippen molar-refractivity contribution in [3.8, 4) is 0 Å². The van der Waals surface area contributed by atoms with Crippen molar-refractivity contribution in [1.82, 2.24) is 4.31 Å². The van der Waals surface area contributed by atoms with Crippen LogP contribution >= 0.6 is 23.2 Å². The van der Waals surface area contributed by atoms with E-state index in [0.717, 1.165) is 6.07 Å². The molecule has 10 nitrogen and oxygen atoms in total. The maximum Gasteiger partial charge on any atom is 0.299 e. The number of rotatable bonds is 5. The van der Waals surface area contributed by atoms with Crippen LogP contribution in [0.5, 0.6) is 0 Å². The number of nitro groups is 2. The fourth-order valence-corrected chi connectivity index (χ4v) is 5.18. The summed E-state index contributed by atoms with van der Waals surface area (Å²) in [7, 11) is -3.90. The zero-order chi connectivity index (χ0) is 21.3. The Labute approximate surface area is 175 Å². The summed E-state index contributed by atoms with van der Waals surface area (Å²) in [5, 5.41) is 22.5. The third kappa shape index (κ3) is 4.27. The number of non-ortho nitro benzene ring substituents is 1. The van der Waals surface area contributed by atoms with Gasteiger partial charge in [0.1, 0.15) is 10.6 Å². The maximum absolute atomic E-state index is 12.9. The van der Waals surface area contributed by atoms with Gasteiger partial charge in [-0.05, 0) is 24.3 Å². The number of hydrogen-bond donors (Lipinski definition) is 0. The standard InChI is InChI=1S/C16H14Cl2N4O6S/c17-11-1-3-13(18)16(9-11)29(27,28)20-7-5-19(6-8-20)14-4-2-12(21(23)24)10-15(14)22(25)26/h1-4,9-10H,5-8H2. The van der Waals surface area contributed by atoms with Crippen LogP contribution in [0.2, 0.25) is 10.0 Å². The van der Waals surface area contributed by atoms with Gasteiger partial charge in [0.05, 0.1) is 20.9 Å². The minimum Gasteiger partial charge on any atom is -0.363 e. The molecule has 0 spiro atoms. The van der Waals surface area contributed by atoms with Crippen molar-refractivity contribution in [3.05, 3.63) is 66.7 Å². The lowest BCUT2D eigenvalue weighted by Gasteiger charge is -2.35. The first-order chi connectivity index (χ1) is 13.6. The monoisotopic (exact) mass is 460 g/mol. The van der Waals surface area contributed by atoms with Crippen LogP contribution in [0.4, 0.5) is 17.1 Å². The molecule has 0 unspecified atom stereocenters. The minimum absolute atomic E-state index is 0.0443. The second kappa shape index (κ2) is 8.11. The summed E-state index contributed by atoms with van der Waals surface area (Å²) in [4.78, 5) is 22.3. The second-order valence-electron chi connectivity index (χ2n) is 6.15. The van der Waals surface area contributed by atoms with Crippen molar-refractivity contribution >= 4 is 50.3 Å². The Kier molecular flexibility index (Phi) is 5.94. The zero-order valence-electron chi connectivity index (χ0n) is 14.7. The Morgan fingerprint density at radius 3 is 2.14 bits per heavy atom. The summed E-state index contributed by atoms with van der Waals surface area (Å²) < 4.78 is 27.0. The van der Waals surface area contributed by atoms with Crippen LogP contribution in [-0.4, -0.2) is 48.7 Å².